The summed E-state index contributed by atoms with van der Waals surface area (Å²) in [6.07, 6.45) is 0. The van der Waals surface area contributed by atoms with Crippen molar-refractivity contribution in [3.63, 3.8) is 0 Å². The summed E-state index contributed by atoms with van der Waals surface area (Å²) in [5.74, 6) is -0.239. The molecule has 0 aromatic heterocycles. The van der Waals surface area contributed by atoms with Crippen LogP contribution in [0.2, 0.25) is 0 Å². The molecule has 90 valence electrons. The number of benzene rings is 1. The normalized spacial score (nSPS) is 19.1. The molecule has 0 saturated carbocycles. The number of hydrogen-bond donors (Lipinski definition) is 2. The summed E-state index contributed by atoms with van der Waals surface area (Å²) < 4.78 is 0. The third-order valence-electron chi connectivity index (χ3n) is 2.56. The number of nitrogens with two attached hydrogens (primary N) is 1. The van der Waals surface area contributed by atoms with Gasteiger partial charge in [-0.15, -0.1) is 11.8 Å². The van der Waals surface area contributed by atoms with E-state index in [1.807, 2.05) is 12.1 Å². The second-order valence-electron chi connectivity index (χ2n) is 3.72. The Morgan fingerprint density at radius 3 is 2.88 bits per heavy atom. The van der Waals surface area contributed by atoms with Crippen LogP contribution in [-0.2, 0) is 11.3 Å². The third kappa shape index (κ3) is 2.20. The highest BCUT2D eigenvalue weighted by molar-refractivity contribution is 8.01. The highest BCUT2D eigenvalue weighted by Crippen LogP contribution is 2.40. The molecule has 6 heteroatoms. The minimum absolute atomic E-state index is 0.239. The van der Waals surface area contributed by atoms with E-state index in [2.05, 4.69) is 12.6 Å². The fraction of sp³-hybridized carbons (Fsp3) is 0.273. The van der Waals surface area contributed by atoms with Crippen molar-refractivity contribution in [2.24, 2.45) is 5.73 Å². The number of anilines is 1. The minimum atomic E-state index is -0.558. The fourth-order valence-electron chi connectivity index (χ4n) is 1.70. The minimum Gasteiger partial charge on any atom is -0.326 e. The van der Waals surface area contributed by atoms with E-state index in [9.17, 15) is 9.59 Å². The van der Waals surface area contributed by atoms with E-state index in [1.54, 1.807) is 13.0 Å². The summed E-state index contributed by atoms with van der Waals surface area (Å²) >= 11 is 5.20. The first-order valence-corrected chi connectivity index (χ1v) is 6.44. The van der Waals surface area contributed by atoms with Crippen LogP contribution in [0, 0.1) is 0 Å². The number of nitrogens with zero attached hydrogens (tertiary/aromatic N) is 1. The number of carbonyl (C=O) groups is 2. The lowest BCUT2D eigenvalue weighted by Crippen LogP contribution is -2.41. The predicted octanol–water partition coefficient (Wildman–Crippen LogP) is 2.02. The van der Waals surface area contributed by atoms with Gasteiger partial charge in [0.25, 0.3) is 5.24 Å². The average molecular weight is 268 g/mol. The zero-order chi connectivity index (χ0) is 12.6. The molecule has 2 N–H and O–H groups in total. The second kappa shape index (κ2) is 4.72. The van der Waals surface area contributed by atoms with E-state index in [0.717, 1.165) is 15.4 Å². The van der Waals surface area contributed by atoms with Crippen molar-refractivity contribution in [3.8, 4) is 0 Å². The lowest BCUT2D eigenvalue weighted by Gasteiger charge is -2.29. The maximum absolute atomic E-state index is 11.9. The van der Waals surface area contributed by atoms with Gasteiger partial charge in [-0.2, -0.15) is 0 Å². The maximum Gasteiger partial charge on any atom is 0.289 e. The Balaban J connectivity index is 2.55. The van der Waals surface area contributed by atoms with Gasteiger partial charge in [0.2, 0.25) is 5.91 Å². The van der Waals surface area contributed by atoms with Gasteiger partial charge in [-0.1, -0.05) is 18.7 Å². The molecule has 0 radical (unpaired) electrons. The molecular weight excluding hydrogens is 256 g/mol. The van der Waals surface area contributed by atoms with Crippen LogP contribution >= 0.6 is 24.4 Å². The Morgan fingerprint density at radius 2 is 2.29 bits per heavy atom. The van der Waals surface area contributed by atoms with Gasteiger partial charge < -0.3 is 5.73 Å². The van der Waals surface area contributed by atoms with E-state index in [0.29, 0.717) is 12.2 Å². The number of thiol groups is 1. The lowest BCUT2D eigenvalue weighted by atomic mass is 10.2. The molecule has 1 atom stereocenters. The number of imide groups is 1. The zero-order valence-corrected chi connectivity index (χ0v) is 10.9. The number of hydrogen-bond acceptors (Lipinski definition) is 4. The molecule has 0 spiro atoms. The Bertz CT molecular complexity index is 490. The molecule has 2 amide bonds. The van der Waals surface area contributed by atoms with E-state index in [-0.39, 0.29) is 11.2 Å². The quantitative estimate of drug-likeness (QED) is 0.765. The SMILES string of the molecule is CC1Sc2ccc(CN)cc2N(C(=O)S)C1=O. The molecule has 0 aliphatic carbocycles. The molecule has 1 aliphatic heterocycles. The van der Waals surface area contributed by atoms with Gasteiger partial charge in [0.15, 0.2) is 0 Å². The number of rotatable bonds is 1. The van der Waals surface area contributed by atoms with Crippen molar-refractivity contribution in [1.29, 1.82) is 0 Å². The van der Waals surface area contributed by atoms with Crippen LogP contribution in [0.1, 0.15) is 12.5 Å². The highest BCUT2D eigenvalue weighted by Gasteiger charge is 2.33. The Hall–Kier alpha value is -0.980. The summed E-state index contributed by atoms with van der Waals surface area (Å²) in [5, 5.41) is -0.833. The summed E-state index contributed by atoms with van der Waals surface area (Å²) in [6, 6.07) is 5.55. The van der Waals surface area contributed by atoms with Crippen LogP contribution in [-0.4, -0.2) is 16.4 Å². The number of carbonyl (C=O) groups excluding carboxylic acids is 2. The molecule has 1 aliphatic rings. The first-order valence-electron chi connectivity index (χ1n) is 5.11. The molecule has 0 saturated heterocycles. The number of thioether (sulfide) groups is 1. The first kappa shape index (κ1) is 12.5. The van der Waals surface area contributed by atoms with Crippen molar-refractivity contribution in [3.05, 3.63) is 23.8 Å². The first-order chi connectivity index (χ1) is 8.04. The van der Waals surface area contributed by atoms with Gasteiger partial charge in [0.05, 0.1) is 10.9 Å². The van der Waals surface area contributed by atoms with E-state index in [1.165, 1.54) is 11.8 Å². The summed E-state index contributed by atoms with van der Waals surface area (Å²) in [5.41, 5.74) is 7.02. The Labute approximate surface area is 109 Å². The maximum atomic E-state index is 11.9. The molecule has 1 unspecified atom stereocenters. The van der Waals surface area contributed by atoms with Crippen molar-refractivity contribution in [2.45, 2.75) is 23.6 Å². The standard InChI is InChI=1S/C11H12N2O2S2/c1-6-10(14)13(11(15)16)8-4-7(5-12)2-3-9(8)17-6/h2-4,6H,5,12H2,1H3,(H,15,16). The number of amides is 2. The monoisotopic (exact) mass is 268 g/mol. The van der Waals surface area contributed by atoms with Crippen LogP contribution in [0.15, 0.2) is 23.1 Å². The van der Waals surface area contributed by atoms with Crippen molar-refractivity contribution in [1.82, 2.24) is 0 Å². The van der Waals surface area contributed by atoms with Crippen molar-refractivity contribution in [2.75, 3.05) is 4.90 Å². The average Bonchev–Trinajstić information content (AvgIpc) is 2.29. The molecule has 2 rings (SSSR count). The van der Waals surface area contributed by atoms with Crippen LogP contribution in [0.25, 0.3) is 0 Å². The largest absolute Gasteiger partial charge is 0.326 e. The molecule has 0 bridgehead atoms. The third-order valence-corrected chi connectivity index (χ3v) is 3.92. The Kier molecular flexibility index (Phi) is 3.46. The van der Waals surface area contributed by atoms with Crippen LogP contribution in [0.5, 0.6) is 0 Å². The van der Waals surface area contributed by atoms with E-state index >= 15 is 0 Å². The summed E-state index contributed by atoms with van der Waals surface area (Å²) in [4.78, 5) is 25.4. The molecule has 1 heterocycles. The van der Waals surface area contributed by atoms with Gasteiger partial charge in [0, 0.05) is 11.4 Å². The van der Waals surface area contributed by atoms with Gasteiger partial charge >= 0.3 is 0 Å². The highest BCUT2D eigenvalue weighted by atomic mass is 32.2. The topological polar surface area (TPSA) is 63.4 Å². The molecule has 1 aromatic rings. The van der Waals surface area contributed by atoms with Gasteiger partial charge in [-0.05, 0) is 24.6 Å². The molecule has 0 fully saturated rings. The molecule has 4 nitrogen and oxygen atoms in total. The second-order valence-corrected chi connectivity index (χ2v) is 5.49. The smallest absolute Gasteiger partial charge is 0.289 e. The predicted molar refractivity (Wildman–Crippen MR) is 71.5 cm³/mol. The van der Waals surface area contributed by atoms with Crippen LogP contribution < -0.4 is 10.6 Å². The molecule has 17 heavy (non-hydrogen) atoms. The van der Waals surface area contributed by atoms with Gasteiger partial charge in [-0.3, -0.25) is 9.59 Å². The van der Waals surface area contributed by atoms with Gasteiger partial charge in [-0.25, -0.2) is 4.90 Å². The fourth-order valence-corrected chi connectivity index (χ4v) is 2.91. The van der Waals surface area contributed by atoms with Gasteiger partial charge in [0.1, 0.15) is 0 Å². The lowest BCUT2D eigenvalue weighted by molar-refractivity contribution is -0.117. The number of fused-ring (bicyclic) bond motifs is 1. The molecular formula is C11H12N2O2S2. The van der Waals surface area contributed by atoms with E-state index < -0.39 is 5.24 Å². The molecule has 1 aromatic carbocycles. The van der Waals surface area contributed by atoms with Crippen molar-refractivity contribution < 1.29 is 9.59 Å². The van der Waals surface area contributed by atoms with Crippen LogP contribution in [0.4, 0.5) is 10.5 Å². The van der Waals surface area contributed by atoms with Crippen molar-refractivity contribution >= 4 is 41.2 Å². The van der Waals surface area contributed by atoms with Crippen LogP contribution in [0.3, 0.4) is 0 Å². The summed E-state index contributed by atoms with van der Waals surface area (Å²) in [6.45, 7) is 2.15. The zero-order valence-electron chi connectivity index (χ0n) is 9.21. The Morgan fingerprint density at radius 1 is 1.59 bits per heavy atom. The van der Waals surface area contributed by atoms with E-state index in [4.69, 9.17) is 5.73 Å². The summed E-state index contributed by atoms with van der Waals surface area (Å²) in [7, 11) is 0.